The molecule has 1 aromatic heterocycles. The first kappa shape index (κ1) is 10.3. The van der Waals surface area contributed by atoms with E-state index in [1.807, 2.05) is 0 Å². The predicted octanol–water partition coefficient (Wildman–Crippen LogP) is 0.750. The summed E-state index contributed by atoms with van der Waals surface area (Å²) in [6.45, 7) is 0. The zero-order chi connectivity index (χ0) is 7.61. The standard InChI is InChI=1S/C5H5NO3S.ClH/c7-10(8,9)5-2-1-3-6-4-5;/h1-4H,(H,7,8,9);1H. The smallest absolute Gasteiger partial charge is 0.282 e. The van der Waals surface area contributed by atoms with Crippen LogP contribution in [-0.4, -0.2) is 18.0 Å². The molecule has 0 saturated carbocycles. The Morgan fingerprint density at radius 3 is 2.36 bits per heavy atom. The van der Waals surface area contributed by atoms with Gasteiger partial charge in [0.25, 0.3) is 10.1 Å². The molecular weight excluding hydrogens is 190 g/mol. The van der Waals surface area contributed by atoms with E-state index in [1.54, 1.807) is 0 Å². The van der Waals surface area contributed by atoms with Gasteiger partial charge < -0.3 is 0 Å². The lowest BCUT2D eigenvalue weighted by Gasteiger charge is -1.91. The van der Waals surface area contributed by atoms with E-state index in [2.05, 4.69) is 4.98 Å². The van der Waals surface area contributed by atoms with Crippen LogP contribution in [0.5, 0.6) is 0 Å². The van der Waals surface area contributed by atoms with Crippen molar-refractivity contribution < 1.29 is 13.0 Å². The zero-order valence-electron chi connectivity index (χ0n) is 5.34. The van der Waals surface area contributed by atoms with E-state index >= 15 is 0 Å². The third-order valence-electron chi connectivity index (χ3n) is 0.932. The fourth-order valence-electron chi connectivity index (χ4n) is 0.500. The van der Waals surface area contributed by atoms with Gasteiger partial charge in [-0.05, 0) is 12.1 Å². The number of rotatable bonds is 1. The van der Waals surface area contributed by atoms with E-state index in [9.17, 15) is 8.42 Å². The van der Waals surface area contributed by atoms with Crippen molar-refractivity contribution in [2.24, 2.45) is 0 Å². The fraction of sp³-hybridized carbons (Fsp3) is 0. The van der Waals surface area contributed by atoms with Crippen LogP contribution in [0.25, 0.3) is 0 Å². The molecule has 0 radical (unpaired) electrons. The normalized spacial score (nSPS) is 10.3. The first-order chi connectivity index (χ1) is 4.61. The fourth-order valence-corrected chi connectivity index (χ4v) is 0.944. The Kier molecular flexibility index (Phi) is 3.44. The summed E-state index contributed by atoms with van der Waals surface area (Å²) in [5.41, 5.74) is 0. The van der Waals surface area contributed by atoms with Gasteiger partial charge in [-0.15, -0.1) is 12.4 Å². The molecule has 6 heteroatoms. The maximum Gasteiger partial charge on any atom is 0.296 e. The van der Waals surface area contributed by atoms with E-state index in [4.69, 9.17) is 4.55 Å². The molecule has 4 nitrogen and oxygen atoms in total. The highest BCUT2D eigenvalue weighted by atomic mass is 35.5. The van der Waals surface area contributed by atoms with Crippen LogP contribution in [0.4, 0.5) is 0 Å². The van der Waals surface area contributed by atoms with Crippen LogP contribution in [0.15, 0.2) is 29.4 Å². The molecular formula is C5H6ClNO3S. The number of nitrogens with zero attached hydrogens (tertiary/aromatic N) is 1. The molecule has 1 N–H and O–H groups in total. The molecule has 0 aromatic carbocycles. The van der Waals surface area contributed by atoms with Gasteiger partial charge in [-0.2, -0.15) is 8.42 Å². The van der Waals surface area contributed by atoms with Crippen LogP contribution < -0.4 is 0 Å². The van der Waals surface area contributed by atoms with Gasteiger partial charge in [0, 0.05) is 12.4 Å². The van der Waals surface area contributed by atoms with Crippen LogP contribution in [0.2, 0.25) is 0 Å². The Balaban J connectivity index is 0.000001000. The molecule has 0 aliphatic rings. The molecule has 1 aromatic rings. The van der Waals surface area contributed by atoms with Crippen LogP contribution in [0, 0.1) is 0 Å². The maximum absolute atomic E-state index is 10.3. The molecule has 1 rings (SSSR count). The van der Waals surface area contributed by atoms with Crippen molar-refractivity contribution in [2.75, 3.05) is 0 Å². The molecule has 0 fully saturated rings. The molecule has 0 atom stereocenters. The monoisotopic (exact) mass is 195 g/mol. The van der Waals surface area contributed by atoms with E-state index in [-0.39, 0.29) is 17.3 Å². The van der Waals surface area contributed by atoms with Crippen molar-refractivity contribution in [1.82, 2.24) is 4.98 Å². The molecule has 0 spiro atoms. The van der Waals surface area contributed by atoms with Gasteiger partial charge in [0.2, 0.25) is 0 Å². The molecule has 0 amide bonds. The lowest BCUT2D eigenvalue weighted by atomic mass is 10.5. The van der Waals surface area contributed by atoms with Crippen molar-refractivity contribution in [1.29, 1.82) is 0 Å². The third-order valence-corrected chi connectivity index (χ3v) is 1.77. The van der Waals surface area contributed by atoms with Gasteiger partial charge in [-0.25, -0.2) is 0 Å². The van der Waals surface area contributed by atoms with Gasteiger partial charge >= 0.3 is 0 Å². The number of pyridine rings is 1. The molecule has 11 heavy (non-hydrogen) atoms. The predicted molar refractivity (Wildman–Crippen MR) is 41.3 cm³/mol. The van der Waals surface area contributed by atoms with Gasteiger partial charge in [-0.3, -0.25) is 9.54 Å². The van der Waals surface area contributed by atoms with Crippen LogP contribution in [0.1, 0.15) is 0 Å². The number of halogens is 1. The van der Waals surface area contributed by atoms with E-state index in [0.717, 1.165) is 6.20 Å². The van der Waals surface area contributed by atoms with E-state index in [1.165, 1.54) is 18.3 Å². The largest absolute Gasteiger partial charge is 0.296 e. The second-order valence-electron chi connectivity index (χ2n) is 1.66. The lowest BCUT2D eigenvalue weighted by molar-refractivity contribution is 0.483. The SMILES string of the molecule is Cl.O=S(=O)(O)c1cccnc1. The van der Waals surface area contributed by atoms with Crippen molar-refractivity contribution in [3.63, 3.8) is 0 Å². The summed E-state index contributed by atoms with van der Waals surface area (Å²) in [5, 5.41) is 0. The second kappa shape index (κ2) is 3.66. The molecule has 0 unspecified atom stereocenters. The summed E-state index contributed by atoms with van der Waals surface area (Å²) in [7, 11) is -4.07. The van der Waals surface area contributed by atoms with Crippen molar-refractivity contribution in [3.05, 3.63) is 24.5 Å². The summed E-state index contributed by atoms with van der Waals surface area (Å²) in [6.07, 6.45) is 2.50. The minimum atomic E-state index is -4.07. The highest BCUT2D eigenvalue weighted by Gasteiger charge is 2.06. The van der Waals surface area contributed by atoms with Crippen LogP contribution in [-0.2, 0) is 10.1 Å². The Morgan fingerprint density at radius 1 is 1.45 bits per heavy atom. The maximum atomic E-state index is 10.3. The molecule has 0 bridgehead atoms. The number of hydrogen-bond acceptors (Lipinski definition) is 3. The average Bonchev–Trinajstić information content (AvgIpc) is 1.88. The highest BCUT2D eigenvalue weighted by molar-refractivity contribution is 7.85. The molecule has 0 aliphatic carbocycles. The van der Waals surface area contributed by atoms with E-state index in [0.29, 0.717) is 0 Å². The lowest BCUT2D eigenvalue weighted by Crippen LogP contribution is -1.97. The molecule has 0 aliphatic heterocycles. The second-order valence-corrected chi connectivity index (χ2v) is 3.09. The van der Waals surface area contributed by atoms with Gasteiger partial charge in [-0.1, -0.05) is 0 Å². The van der Waals surface area contributed by atoms with E-state index < -0.39 is 10.1 Å². The van der Waals surface area contributed by atoms with Gasteiger partial charge in [0.1, 0.15) is 4.90 Å². The highest BCUT2D eigenvalue weighted by Crippen LogP contribution is 2.03. The first-order valence-corrected chi connectivity index (χ1v) is 3.92. The summed E-state index contributed by atoms with van der Waals surface area (Å²) < 4.78 is 29.1. The van der Waals surface area contributed by atoms with Crippen molar-refractivity contribution in [2.45, 2.75) is 4.90 Å². The Morgan fingerprint density at radius 2 is 2.09 bits per heavy atom. The van der Waals surface area contributed by atoms with Crippen molar-refractivity contribution >= 4 is 22.5 Å². The van der Waals surface area contributed by atoms with Gasteiger partial charge in [0.05, 0.1) is 0 Å². The minimum absolute atomic E-state index is 0. The average molecular weight is 196 g/mol. The summed E-state index contributed by atoms with van der Waals surface area (Å²) in [6, 6.07) is 2.70. The molecule has 0 saturated heterocycles. The summed E-state index contributed by atoms with van der Waals surface area (Å²) >= 11 is 0. The minimum Gasteiger partial charge on any atom is -0.282 e. The summed E-state index contributed by atoms with van der Waals surface area (Å²) in [5.74, 6) is 0. The van der Waals surface area contributed by atoms with Crippen LogP contribution >= 0.6 is 12.4 Å². The molecule has 1 heterocycles. The Hall–Kier alpha value is -0.650. The Labute approximate surface area is 70.4 Å². The summed E-state index contributed by atoms with van der Waals surface area (Å²) in [4.78, 5) is 3.33. The van der Waals surface area contributed by atoms with Crippen molar-refractivity contribution in [3.8, 4) is 0 Å². The first-order valence-electron chi connectivity index (χ1n) is 2.48. The zero-order valence-corrected chi connectivity index (χ0v) is 6.97. The van der Waals surface area contributed by atoms with Gasteiger partial charge in [0.15, 0.2) is 0 Å². The van der Waals surface area contributed by atoms with Crippen LogP contribution in [0.3, 0.4) is 0 Å². The third kappa shape index (κ3) is 2.83. The Bertz CT molecular complexity index is 310. The number of hydrogen-bond donors (Lipinski definition) is 1. The topological polar surface area (TPSA) is 67.3 Å². The molecule has 62 valence electrons. The number of aromatic nitrogens is 1. The quantitative estimate of drug-likeness (QED) is 0.672.